The van der Waals surface area contributed by atoms with Gasteiger partial charge in [0.25, 0.3) is 5.89 Å². The Hall–Kier alpha value is -1.66. The van der Waals surface area contributed by atoms with E-state index in [2.05, 4.69) is 15.0 Å². The molecule has 0 radical (unpaired) electrons. The summed E-state index contributed by atoms with van der Waals surface area (Å²) in [5.74, 6) is 2.40. The van der Waals surface area contributed by atoms with Gasteiger partial charge in [0.2, 0.25) is 0 Å². The van der Waals surface area contributed by atoms with Crippen LogP contribution >= 0.6 is 0 Å². The average molecular weight is 277 g/mol. The molecule has 0 aromatic carbocycles. The first kappa shape index (κ1) is 13.3. The van der Waals surface area contributed by atoms with Crippen molar-refractivity contribution in [2.24, 2.45) is 0 Å². The maximum Gasteiger partial charge on any atom is 0.261 e. The molecule has 0 saturated carbocycles. The summed E-state index contributed by atoms with van der Waals surface area (Å²) in [4.78, 5) is 6.67. The van der Waals surface area contributed by atoms with Crippen molar-refractivity contribution in [3.63, 3.8) is 0 Å². The fraction of sp³-hybridized carbons (Fsp3) is 0.571. The third-order valence-electron chi connectivity index (χ3n) is 3.34. The Bertz CT molecular complexity index is 556. The lowest BCUT2D eigenvalue weighted by Crippen LogP contribution is -2.35. The minimum atomic E-state index is 0.257. The summed E-state index contributed by atoms with van der Waals surface area (Å²) in [7, 11) is 0. The van der Waals surface area contributed by atoms with Gasteiger partial charge in [0.15, 0.2) is 5.82 Å². The monoisotopic (exact) mass is 277 g/mol. The van der Waals surface area contributed by atoms with Gasteiger partial charge in [-0.2, -0.15) is 4.98 Å². The molecule has 0 amide bonds. The summed E-state index contributed by atoms with van der Waals surface area (Å²) in [5, 5.41) is 3.96. The zero-order valence-electron chi connectivity index (χ0n) is 11.8. The number of nitrogens with zero attached hydrogens (tertiary/aromatic N) is 3. The molecule has 6 nitrogen and oxygen atoms in total. The molecule has 3 rings (SSSR count). The number of hydrogen-bond acceptors (Lipinski definition) is 6. The molecule has 3 heterocycles. The Morgan fingerprint density at radius 1 is 1.30 bits per heavy atom. The van der Waals surface area contributed by atoms with Gasteiger partial charge in [-0.05, 0) is 6.07 Å². The molecule has 108 valence electrons. The largest absolute Gasteiger partial charge is 0.467 e. The van der Waals surface area contributed by atoms with Crippen LogP contribution in [0.4, 0.5) is 0 Å². The van der Waals surface area contributed by atoms with Gasteiger partial charge < -0.3 is 13.7 Å². The van der Waals surface area contributed by atoms with Crippen molar-refractivity contribution < 1.29 is 13.7 Å². The van der Waals surface area contributed by atoms with E-state index in [0.717, 1.165) is 50.0 Å². The molecule has 0 atom stereocenters. The van der Waals surface area contributed by atoms with E-state index in [1.165, 1.54) is 0 Å². The van der Waals surface area contributed by atoms with Crippen molar-refractivity contribution in [3.05, 3.63) is 23.9 Å². The summed E-state index contributed by atoms with van der Waals surface area (Å²) in [6.07, 6.45) is 1.67. The highest BCUT2D eigenvalue weighted by Gasteiger charge is 2.16. The smallest absolute Gasteiger partial charge is 0.261 e. The van der Waals surface area contributed by atoms with Crippen molar-refractivity contribution in [1.29, 1.82) is 0 Å². The number of morpholine rings is 1. The van der Waals surface area contributed by atoms with Gasteiger partial charge in [-0.15, -0.1) is 0 Å². The molecular weight excluding hydrogens is 258 g/mol. The van der Waals surface area contributed by atoms with E-state index in [1.54, 1.807) is 6.26 Å². The first-order valence-electron chi connectivity index (χ1n) is 6.94. The average Bonchev–Trinajstić information content (AvgIpc) is 3.08. The van der Waals surface area contributed by atoms with Crippen LogP contribution in [0.2, 0.25) is 0 Å². The third-order valence-corrected chi connectivity index (χ3v) is 3.34. The van der Waals surface area contributed by atoms with Crippen LogP contribution in [0.1, 0.15) is 31.4 Å². The number of rotatable bonds is 4. The van der Waals surface area contributed by atoms with Gasteiger partial charge in [0, 0.05) is 19.0 Å². The summed E-state index contributed by atoms with van der Waals surface area (Å²) >= 11 is 0. The van der Waals surface area contributed by atoms with Crippen molar-refractivity contribution in [3.8, 4) is 11.5 Å². The van der Waals surface area contributed by atoms with E-state index in [1.807, 2.05) is 19.9 Å². The molecule has 2 aromatic heterocycles. The number of ether oxygens (including phenoxy) is 1. The molecule has 0 spiro atoms. The predicted molar refractivity (Wildman–Crippen MR) is 72.2 cm³/mol. The quantitative estimate of drug-likeness (QED) is 0.854. The molecule has 20 heavy (non-hydrogen) atoms. The van der Waals surface area contributed by atoms with Gasteiger partial charge in [0.05, 0.1) is 25.3 Å². The lowest BCUT2D eigenvalue weighted by Gasteiger charge is -2.25. The SMILES string of the molecule is CC(C)c1noc(-c2coc(CN3CCOCC3)c2)n1. The summed E-state index contributed by atoms with van der Waals surface area (Å²) in [5.41, 5.74) is 0.840. The molecule has 0 aliphatic carbocycles. The molecular formula is C14H19N3O3. The molecule has 6 heteroatoms. The highest BCUT2D eigenvalue weighted by atomic mass is 16.5. The summed E-state index contributed by atoms with van der Waals surface area (Å²) < 4.78 is 16.2. The highest BCUT2D eigenvalue weighted by Crippen LogP contribution is 2.23. The second-order valence-electron chi connectivity index (χ2n) is 5.30. The standard InChI is InChI=1S/C14H19N3O3/c1-10(2)13-15-14(20-16-13)11-7-12(19-9-11)8-17-3-5-18-6-4-17/h7,9-10H,3-6,8H2,1-2H3. The van der Waals surface area contributed by atoms with Gasteiger partial charge >= 0.3 is 0 Å². The summed E-state index contributed by atoms with van der Waals surface area (Å²) in [6.45, 7) is 8.31. The number of furan rings is 1. The van der Waals surface area contributed by atoms with Crippen LogP contribution in [0.3, 0.4) is 0 Å². The molecule has 1 aliphatic rings. The molecule has 2 aromatic rings. The van der Waals surface area contributed by atoms with Crippen LogP contribution in [0.15, 0.2) is 21.3 Å². The van der Waals surface area contributed by atoms with Crippen molar-refractivity contribution in [1.82, 2.24) is 15.0 Å². The lowest BCUT2D eigenvalue weighted by molar-refractivity contribution is 0.0313. The van der Waals surface area contributed by atoms with E-state index in [4.69, 9.17) is 13.7 Å². The minimum Gasteiger partial charge on any atom is -0.467 e. The first-order valence-corrected chi connectivity index (χ1v) is 6.94. The third kappa shape index (κ3) is 2.91. The second-order valence-corrected chi connectivity index (χ2v) is 5.30. The maximum atomic E-state index is 5.58. The van der Waals surface area contributed by atoms with Crippen LogP contribution in [0, 0.1) is 0 Å². The van der Waals surface area contributed by atoms with Crippen LogP contribution in [-0.4, -0.2) is 41.3 Å². The molecule has 1 aliphatic heterocycles. The van der Waals surface area contributed by atoms with Gasteiger partial charge in [0.1, 0.15) is 12.0 Å². The fourth-order valence-corrected chi connectivity index (χ4v) is 2.14. The van der Waals surface area contributed by atoms with Crippen molar-refractivity contribution in [2.75, 3.05) is 26.3 Å². The van der Waals surface area contributed by atoms with E-state index in [0.29, 0.717) is 5.89 Å². The van der Waals surface area contributed by atoms with Crippen LogP contribution in [-0.2, 0) is 11.3 Å². The van der Waals surface area contributed by atoms with E-state index in [9.17, 15) is 0 Å². The van der Waals surface area contributed by atoms with Crippen LogP contribution in [0.25, 0.3) is 11.5 Å². The fourth-order valence-electron chi connectivity index (χ4n) is 2.14. The van der Waals surface area contributed by atoms with E-state index >= 15 is 0 Å². The number of aromatic nitrogens is 2. The Balaban J connectivity index is 1.69. The van der Waals surface area contributed by atoms with Gasteiger partial charge in [-0.1, -0.05) is 19.0 Å². The Morgan fingerprint density at radius 3 is 2.80 bits per heavy atom. The summed E-state index contributed by atoms with van der Waals surface area (Å²) in [6, 6.07) is 1.97. The van der Waals surface area contributed by atoms with Gasteiger partial charge in [-0.25, -0.2) is 0 Å². The predicted octanol–water partition coefficient (Wildman–Crippen LogP) is 2.29. The normalized spacial score (nSPS) is 16.9. The van der Waals surface area contributed by atoms with Crippen LogP contribution < -0.4 is 0 Å². The number of hydrogen-bond donors (Lipinski definition) is 0. The zero-order valence-corrected chi connectivity index (χ0v) is 11.8. The lowest BCUT2D eigenvalue weighted by atomic mass is 10.2. The molecule has 1 saturated heterocycles. The molecule has 1 fully saturated rings. The van der Waals surface area contributed by atoms with E-state index in [-0.39, 0.29) is 5.92 Å². The highest BCUT2D eigenvalue weighted by molar-refractivity contribution is 5.51. The topological polar surface area (TPSA) is 64.5 Å². The van der Waals surface area contributed by atoms with Crippen molar-refractivity contribution >= 4 is 0 Å². The molecule has 0 N–H and O–H groups in total. The minimum absolute atomic E-state index is 0.257. The first-order chi connectivity index (χ1) is 9.72. The molecule has 0 bridgehead atoms. The Morgan fingerprint density at radius 2 is 2.10 bits per heavy atom. The Labute approximate surface area is 117 Å². The van der Waals surface area contributed by atoms with E-state index < -0.39 is 0 Å². The Kier molecular flexibility index (Phi) is 3.84. The zero-order chi connectivity index (χ0) is 13.9. The van der Waals surface area contributed by atoms with Gasteiger partial charge in [-0.3, -0.25) is 4.90 Å². The molecule has 0 unspecified atom stereocenters. The van der Waals surface area contributed by atoms with Crippen LogP contribution in [0.5, 0.6) is 0 Å². The second kappa shape index (κ2) is 5.76. The van der Waals surface area contributed by atoms with Crippen molar-refractivity contribution in [2.45, 2.75) is 26.3 Å². The maximum absolute atomic E-state index is 5.58.